The van der Waals surface area contributed by atoms with Gasteiger partial charge < -0.3 is 10.1 Å². The van der Waals surface area contributed by atoms with E-state index in [1.165, 1.54) is 0 Å². The molecule has 0 aromatic carbocycles. The van der Waals surface area contributed by atoms with Crippen LogP contribution in [0.4, 0.5) is 0 Å². The summed E-state index contributed by atoms with van der Waals surface area (Å²) in [6.07, 6.45) is 0.282. The molecule has 0 radical (unpaired) electrons. The normalized spacial score (nSPS) is 17.1. The van der Waals surface area contributed by atoms with E-state index in [0.717, 1.165) is 13.2 Å². The molecule has 0 spiro atoms. The van der Waals surface area contributed by atoms with Gasteiger partial charge in [-0.15, -0.1) is 0 Å². The van der Waals surface area contributed by atoms with Gasteiger partial charge in [0.25, 0.3) is 0 Å². The lowest BCUT2D eigenvalue weighted by Crippen LogP contribution is -2.48. The molecule has 0 saturated carbocycles. The second kappa shape index (κ2) is 5.61. The minimum atomic E-state index is 0.255. The molecule has 1 N–H and O–H groups in total. The zero-order valence-electron chi connectivity index (χ0n) is 9.98. The van der Waals surface area contributed by atoms with Crippen LogP contribution in [0, 0.1) is 5.41 Å². The van der Waals surface area contributed by atoms with Crippen molar-refractivity contribution in [3.63, 3.8) is 0 Å². The van der Waals surface area contributed by atoms with E-state index < -0.39 is 0 Å². The molecule has 0 bridgehead atoms. The lowest BCUT2D eigenvalue weighted by molar-refractivity contribution is 0.0152. The Hall–Kier alpha value is -0.0800. The van der Waals surface area contributed by atoms with E-state index in [1.807, 2.05) is 6.92 Å². The van der Waals surface area contributed by atoms with Crippen molar-refractivity contribution in [1.29, 1.82) is 0 Å². The Morgan fingerprint density at radius 3 is 2.08 bits per heavy atom. The lowest BCUT2D eigenvalue weighted by Gasteiger charge is -2.35. The third-order valence-electron chi connectivity index (χ3n) is 2.26. The summed E-state index contributed by atoms with van der Waals surface area (Å²) in [6.45, 7) is 14.8. The lowest BCUT2D eigenvalue weighted by atomic mass is 9.83. The topological polar surface area (TPSA) is 21.3 Å². The van der Waals surface area contributed by atoms with Crippen LogP contribution in [0.2, 0.25) is 0 Å². The quantitative estimate of drug-likeness (QED) is 0.714. The highest BCUT2D eigenvalue weighted by molar-refractivity contribution is 4.85. The zero-order chi connectivity index (χ0) is 10.5. The van der Waals surface area contributed by atoms with Gasteiger partial charge in [-0.1, -0.05) is 27.7 Å². The van der Waals surface area contributed by atoms with E-state index in [-0.39, 0.29) is 11.5 Å². The molecule has 80 valence electrons. The van der Waals surface area contributed by atoms with Crippen molar-refractivity contribution in [2.75, 3.05) is 13.2 Å². The molecular formula is C11H25NO. The molecule has 2 atom stereocenters. The molecule has 2 nitrogen and oxygen atoms in total. The molecule has 2 unspecified atom stereocenters. The highest BCUT2D eigenvalue weighted by Gasteiger charge is 2.28. The summed E-state index contributed by atoms with van der Waals surface area (Å²) in [5.74, 6) is 0. The summed E-state index contributed by atoms with van der Waals surface area (Å²) in [7, 11) is 0. The van der Waals surface area contributed by atoms with E-state index in [1.54, 1.807) is 0 Å². The molecule has 0 aliphatic heterocycles. The Morgan fingerprint density at radius 1 is 1.23 bits per heavy atom. The van der Waals surface area contributed by atoms with Crippen LogP contribution < -0.4 is 5.32 Å². The number of ether oxygens (including phenoxy) is 1. The fraction of sp³-hybridized carbons (Fsp3) is 1.00. The third-order valence-corrected chi connectivity index (χ3v) is 2.26. The zero-order valence-corrected chi connectivity index (χ0v) is 9.98. The Kier molecular flexibility index (Phi) is 5.57. The van der Waals surface area contributed by atoms with E-state index in [4.69, 9.17) is 4.74 Å². The molecule has 0 heterocycles. The first-order valence-corrected chi connectivity index (χ1v) is 5.28. The summed E-state index contributed by atoms with van der Waals surface area (Å²) >= 11 is 0. The van der Waals surface area contributed by atoms with Crippen molar-refractivity contribution in [2.45, 2.75) is 53.7 Å². The average Bonchev–Trinajstić information content (AvgIpc) is 1.98. The van der Waals surface area contributed by atoms with Crippen molar-refractivity contribution in [1.82, 2.24) is 5.32 Å². The number of rotatable bonds is 5. The molecule has 0 aliphatic carbocycles. The van der Waals surface area contributed by atoms with Crippen LogP contribution in [0.5, 0.6) is 0 Å². The summed E-state index contributed by atoms with van der Waals surface area (Å²) < 4.78 is 5.62. The van der Waals surface area contributed by atoms with Crippen LogP contribution in [0.15, 0.2) is 0 Å². The second-order valence-electron chi connectivity index (χ2n) is 4.56. The Bertz CT molecular complexity index is 129. The molecular weight excluding hydrogens is 162 g/mol. The van der Waals surface area contributed by atoms with Crippen molar-refractivity contribution < 1.29 is 4.74 Å². The highest BCUT2D eigenvalue weighted by atomic mass is 16.5. The summed E-state index contributed by atoms with van der Waals surface area (Å²) in [6, 6.07) is 0.428. The van der Waals surface area contributed by atoms with Crippen LogP contribution >= 0.6 is 0 Å². The maximum absolute atomic E-state index is 5.62. The smallest absolute Gasteiger partial charge is 0.0704 e. The van der Waals surface area contributed by atoms with Gasteiger partial charge in [0.2, 0.25) is 0 Å². The summed E-state index contributed by atoms with van der Waals surface area (Å²) in [5.41, 5.74) is 0.255. The van der Waals surface area contributed by atoms with Crippen molar-refractivity contribution in [2.24, 2.45) is 5.41 Å². The predicted octanol–water partition coefficient (Wildman–Crippen LogP) is 2.44. The van der Waals surface area contributed by atoms with Crippen LogP contribution in [0.3, 0.4) is 0 Å². The molecule has 0 aliphatic rings. The Labute approximate surface area is 83.1 Å². The maximum atomic E-state index is 5.62. The van der Waals surface area contributed by atoms with Crippen molar-refractivity contribution >= 4 is 0 Å². The van der Waals surface area contributed by atoms with Crippen molar-refractivity contribution in [3.8, 4) is 0 Å². The van der Waals surface area contributed by atoms with Gasteiger partial charge in [0, 0.05) is 12.6 Å². The van der Waals surface area contributed by atoms with E-state index in [0.29, 0.717) is 6.04 Å². The molecule has 0 amide bonds. The minimum Gasteiger partial charge on any atom is -0.377 e. The van der Waals surface area contributed by atoms with E-state index >= 15 is 0 Å². The number of hydrogen-bond donors (Lipinski definition) is 1. The fourth-order valence-electron chi connectivity index (χ4n) is 1.76. The van der Waals surface area contributed by atoms with Crippen LogP contribution in [-0.2, 0) is 4.74 Å². The van der Waals surface area contributed by atoms with Gasteiger partial charge >= 0.3 is 0 Å². The fourth-order valence-corrected chi connectivity index (χ4v) is 1.76. The van der Waals surface area contributed by atoms with Gasteiger partial charge in [-0.25, -0.2) is 0 Å². The molecule has 0 rings (SSSR count). The molecule has 2 heteroatoms. The summed E-state index contributed by atoms with van der Waals surface area (Å²) in [5, 5.41) is 3.48. The Balaban J connectivity index is 4.23. The molecule has 0 fully saturated rings. The van der Waals surface area contributed by atoms with Crippen LogP contribution in [0.1, 0.15) is 41.5 Å². The van der Waals surface area contributed by atoms with Gasteiger partial charge in [0.1, 0.15) is 0 Å². The van der Waals surface area contributed by atoms with E-state index in [2.05, 4.69) is 39.9 Å². The highest BCUT2D eigenvalue weighted by Crippen LogP contribution is 2.23. The van der Waals surface area contributed by atoms with Gasteiger partial charge in [-0.05, 0) is 25.8 Å². The molecule has 0 aromatic heterocycles. The standard InChI is InChI=1S/C11H25NO/c1-7-12-10(11(4,5)6)9(3)13-8-2/h9-10,12H,7-8H2,1-6H3. The molecule has 13 heavy (non-hydrogen) atoms. The largest absolute Gasteiger partial charge is 0.377 e. The van der Waals surface area contributed by atoms with Crippen molar-refractivity contribution in [3.05, 3.63) is 0 Å². The number of hydrogen-bond acceptors (Lipinski definition) is 2. The maximum Gasteiger partial charge on any atom is 0.0704 e. The van der Waals surface area contributed by atoms with E-state index in [9.17, 15) is 0 Å². The average molecular weight is 187 g/mol. The first kappa shape index (κ1) is 12.9. The SMILES string of the molecule is CCNC(C(C)OCC)C(C)(C)C. The van der Waals surface area contributed by atoms with Gasteiger partial charge in [-0.2, -0.15) is 0 Å². The number of nitrogens with one attached hydrogen (secondary N) is 1. The minimum absolute atomic E-state index is 0.255. The van der Waals surface area contributed by atoms with Crippen LogP contribution in [-0.4, -0.2) is 25.3 Å². The monoisotopic (exact) mass is 187 g/mol. The number of likely N-dealkylation sites (N-methyl/N-ethyl adjacent to an activating group) is 1. The Morgan fingerprint density at radius 2 is 1.77 bits per heavy atom. The van der Waals surface area contributed by atoms with Gasteiger partial charge in [0.05, 0.1) is 6.10 Å². The summed E-state index contributed by atoms with van der Waals surface area (Å²) in [4.78, 5) is 0. The van der Waals surface area contributed by atoms with Gasteiger partial charge in [-0.3, -0.25) is 0 Å². The third kappa shape index (κ3) is 4.63. The molecule has 0 aromatic rings. The second-order valence-corrected chi connectivity index (χ2v) is 4.56. The molecule has 0 saturated heterocycles. The van der Waals surface area contributed by atoms with Crippen LogP contribution in [0.25, 0.3) is 0 Å². The first-order chi connectivity index (χ1) is 5.93. The first-order valence-electron chi connectivity index (χ1n) is 5.28. The van der Waals surface area contributed by atoms with Gasteiger partial charge in [0.15, 0.2) is 0 Å². The predicted molar refractivity (Wildman–Crippen MR) is 58.0 cm³/mol.